The Morgan fingerprint density at radius 3 is 2.20 bits per heavy atom. The smallest absolute Gasteiger partial charge is 0.145 e. The summed E-state index contributed by atoms with van der Waals surface area (Å²) in [7, 11) is 0. The van der Waals surface area contributed by atoms with Crippen molar-refractivity contribution in [1.29, 1.82) is 0 Å². The van der Waals surface area contributed by atoms with Gasteiger partial charge in [-0.25, -0.2) is 4.98 Å². The lowest BCUT2D eigenvalue weighted by atomic mass is 9.83. The number of allylic oxidation sites excluding steroid dienone is 16. The van der Waals surface area contributed by atoms with Gasteiger partial charge in [0, 0.05) is 11.3 Å². The van der Waals surface area contributed by atoms with Crippen molar-refractivity contribution in [2.45, 2.75) is 47.5 Å². The van der Waals surface area contributed by atoms with E-state index in [1.54, 1.807) is 0 Å². The molecule has 0 saturated carbocycles. The molecule has 2 nitrogen and oxygen atoms in total. The maximum Gasteiger partial charge on any atom is 0.145 e. The van der Waals surface area contributed by atoms with Crippen LogP contribution in [0.3, 0.4) is 0 Å². The molecule has 0 radical (unpaired) electrons. The lowest BCUT2D eigenvalue weighted by Gasteiger charge is -2.21. The van der Waals surface area contributed by atoms with Crippen LogP contribution in [0, 0.1) is 24.7 Å². The quantitative estimate of drug-likeness (QED) is 0.116. The lowest BCUT2D eigenvalue weighted by molar-refractivity contribution is 0.824. The van der Waals surface area contributed by atoms with E-state index in [0.29, 0.717) is 11.8 Å². The van der Waals surface area contributed by atoms with Gasteiger partial charge in [0.15, 0.2) is 0 Å². The minimum atomic E-state index is 0.443. The normalized spacial score (nSPS) is 16.2. The van der Waals surface area contributed by atoms with Gasteiger partial charge in [0.2, 0.25) is 0 Å². The second-order valence-corrected chi connectivity index (χ2v) is 13.7. The van der Waals surface area contributed by atoms with Gasteiger partial charge in [-0.05, 0) is 101 Å². The van der Waals surface area contributed by atoms with Crippen LogP contribution in [-0.2, 0) is 0 Å². The average Bonchev–Trinajstić information content (AvgIpc) is 3.47. The molecule has 0 spiro atoms. The fourth-order valence-corrected chi connectivity index (χ4v) is 6.85. The first kappa shape index (κ1) is 39.0. The highest BCUT2D eigenvalue weighted by Crippen LogP contribution is 2.38. The van der Waals surface area contributed by atoms with Gasteiger partial charge in [-0.1, -0.05) is 173 Å². The summed E-state index contributed by atoms with van der Waals surface area (Å²) in [6, 6.07) is 38.4. The highest BCUT2D eigenvalue weighted by Gasteiger charge is 2.18. The Morgan fingerprint density at radius 2 is 1.52 bits per heavy atom. The van der Waals surface area contributed by atoms with Crippen LogP contribution >= 0.6 is 0 Å². The number of para-hydroxylation sites is 3. The Balaban J connectivity index is 0.000000203. The van der Waals surface area contributed by atoms with E-state index in [1.807, 2.05) is 12.1 Å². The van der Waals surface area contributed by atoms with E-state index in [9.17, 15) is 0 Å². The number of hydrogen-bond acceptors (Lipinski definition) is 1. The molecule has 2 aliphatic carbocycles. The third-order valence-electron chi connectivity index (χ3n) is 9.41. The molecule has 0 amide bonds. The Labute approximate surface area is 323 Å². The molecule has 4 aromatic carbocycles. The molecule has 270 valence electrons. The summed E-state index contributed by atoms with van der Waals surface area (Å²) < 4.78 is 2.23. The predicted molar refractivity (Wildman–Crippen MR) is 235 cm³/mol. The average molecular weight is 705 g/mol. The number of imidazole rings is 1. The van der Waals surface area contributed by atoms with Crippen molar-refractivity contribution in [2.75, 3.05) is 0 Å². The van der Waals surface area contributed by atoms with Gasteiger partial charge in [0.1, 0.15) is 5.82 Å². The Kier molecular flexibility index (Phi) is 14.2. The van der Waals surface area contributed by atoms with E-state index in [-0.39, 0.29) is 0 Å². The third-order valence-corrected chi connectivity index (χ3v) is 9.41. The zero-order chi connectivity index (χ0) is 38.3. The molecular weight excluding hydrogens is 653 g/mol. The highest BCUT2D eigenvalue weighted by atomic mass is 15.1. The fourth-order valence-electron chi connectivity index (χ4n) is 6.85. The molecule has 5 aromatic rings. The molecule has 1 atom stereocenters. The summed E-state index contributed by atoms with van der Waals surface area (Å²) in [6.07, 6.45) is 34.4. The number of hydrogen-bond donors (Lipinski definition) is 0. The van der Waals surface area contributed by atoms with Crippen LogP contribution in [0.5, 0.6) is 0 Å². The molecule has 0 N–H and O–H groups in total. The first-order valence-electron chi connectivity index (χ1n) is 19.0. The number of benzene rings is 4. The Bertz CT molecular complexity index is 2280. The second-order valence-electron chi connectivity index (χ2n) is 13.7. The van der Waals surface area contributed by atoms with Gasteiger partial charge in [-0.3, -0.25) is 4.57 Å². The summed E-state index contributed by atoms with van der Waals surface area (Å²) in [4.78, 5) is 4.89. The molecule has 0 fully saturated rings. The van der Waals surface area contributed by atoms with E-state index < -0.39 is 0 Å². The SMILES string of the molecule is C#C.CC1C=CC=C(c2nc3ccccc3n2-c2ccccc2)C=C1.C\C=C(CC)/C(=C\C(C)C)C(=C1/C=CC=CC1)/c1cccc(-c2ccccc2)c1. The third kappa shape index (κ3) is 9.62. The summed E-state index contributed by atoms with van der Waals surface area (Å²) in [5.41, 5.74) is 13.8. The molecule has 0 bridgehead atoms. The molecule has 0 aliphatic heterocycles. The molecule has 2 aliphatic rings. The van der Waals surface area contributed by atoms with Crippen LogP contribution in [0.1, 0.15) is 58.8 Å². The van der Waals surface area contributed by atoms with E-state index in [1.165, 1.54) is 39.0 Å². The van der Waals surface area contributed by atoms with Gasteiger partial charge in [-0.2, -0.15) is 0 Å². The number of aromatic nitrogens is 2. The summed E-state index contributed by atoms with van der Waals surface area (Å²) >= 11 is 0. The van der Waals surface area contributed by atoms with Crippen LogP contribution in [0.2, 0.25) is 0 Å². The Hall–Kier alpha value is -6.17. The van der Waals surface area contributed by atoms with Gasteiger partial charge in [0.05, 0.1) is 11.0 Å². The van der Waals surface area contributed by atoms with Gasteiger partial charge in [0.25, 0.3) is 0 Å². The van der Waals surface area contributed by atoms with Crippen LogP contribution < -0.4 is 0 Å². The van der Waals surface area contributed by atoms with Gasteiger partial charge < -0.3 is 0 Å². The van der Waals surface area contributed by atoms with E-state index in [0.717, 1.165) is 41.0 Å². The predicted octanol–water partition coefficient (Wildman–Crippen LogP) is 14.0. The van der Waals surface area contributed by atoms with E-state index in [4.69, 9.17) is 4.98 Å². The molecule has 1 aromatic heterocycles. The first-order chi connectivity index (χ1) is 26.5. The maximum atomic E-state index is 4.89. The molecule has 0 saturated heterocycles. The number of terminal acetylenes is 1. The van der Waals surface area contributed by atoms with Crippen molar-refractivity contribution in [1.82, 2.24) is 9.55 Å². The van der Waals surface area contributed by atoms with Crippen LogP contribution in [0.4, 0.5) is 0 Å². The maximum absolute atomic E-state index is 4.89. The van der Waals surface area contributed by atoms with Crippen molar-refractivity contribution >= 4 is 22.2 Å². The van der Waals surface area contributed by atoms with Crippen LogP contribution in [0.15, 0.2) is 193 Å². The van der Waals surface area contributed by atoms with Crippen LogP contribution in [-0.4, -0.2) is 9.55 Å². The fraction of sp³-hybridized carbons (Fsp3) is 0.173. The minimum Gasteiger partial charge on any atom is -0.292 e. The standard InChI is InChI=1S/C29H32.C21H18N2.C2H2/c1-5-23(6-2)28(20-22(3)4)29(25-16-11-8-12-17-25)27-19-13-18-26(21-27)24-14-9-7-10-15-24;1-16-8-7-9-17(15-14-16)21-22-19-12-5-6-13-20(19)23(21)18-10-3-2-4-11-18;1-2/h5,7-16,18-22H,6,17H2,1-4H3;2-16H,1H3;1-2H/b23-5-,28-20+,29-25-;;. The molecule has 2 heteroatoms. The summed E-state index contributed by atoms with van der Waals surface area (Å²) in [6.45, 7) is 11.1. The van der Waals surface area contributed by atoms with Crippen molar-refractivity contribution in [3.8, 4) is 29.7 Å². The molecule has 54 heavy (non-hydrogen) atoms. The second kappa shape index (κ2) is 19.6. The number of rotatable bonds is 8. The molecular formula is C52H52N2. The minimum absolute atomic E-state index is 0.443. The summed E-state index contributed by atoms with van der Waals surface area (Å²) in [5.74, 6) is 1.91. The molecule has 7 rings (SSSR count). The van der Waals surface area contributed by atoms with Crippen molar-refractivity contribution < 1.29 is 0 Å². The Morgan fingerprint density at radius 1 is 0.815 bits per heavy atom. The van der Waals surface area contributed by atoms with E-state index in [2.05, 4.69) is 216 Å². The van der Waals surface area contributed by atoms with Crippen molar-refractivity contribution in [3.63, 3.8) is 0 Å². The largest absolute Gasteiger partial charge is 0.292 e. The first-order valence-corrected chi connectivity index (χ1v) is 19.0. The molecule has 1 unspecified atom stereocenters. The zero-order valence-electron chi connectivity index (χ0n) is 32.4. The number of nitrogens with zero attached hydrogens (tertiary/aromatic N) is 2. The lowest BCUT2D eigenvalue weighted by Crippen LogP contribution is -2.01. The molecule has 1 heterocycles. The zero-order valence-corrected chi connectivity index (χ0v) is 32.4. The summed E-state index contributed by atoms with van der Waals surface area (Å²) in [5, 5.41) is 0. The van der Waals surface area contributed by atoms with Gasteiger partial charge >= 0.3 is 0 Å². The topological polar surface area (TPSA) is 17.8 Å². The number of fused-ring (bicyclic) bond motifs is 1. The monoisotopic (exact) mass is 704 g/mol. The van der Waals surface area contributed by atoms with Gasteiger partial charge in [-0.15, -0.1) is 12.8 Å². The van der Waals surface area contributed by atoms with Crippen LogP contribution in [0.25, 0.3) is 39.0 Å². The van der Waals surface area contributed by atoms with Crippen molar-refractivity contribution in [3.05, 3.63) is 204 Å². The highest BCUT2D eigenvalue weighted by molar-refractivity contribution is 5.89. The van der Waals surface area contributed by atoms with Crippen molar-refractivity contribution in [2.24, 2.45) is 11.8 Å². The van der Waals surface area contributed by atoms with E-state index >= 15 is 0 Å².